The molecule has 0 aliphatic heterocycles. The second-order valence-electron chi connectivity index (χ2n) is 2.50. The number of hydrogen-bond acceptors (Lipinski definition) is 2. The molecule has 0 aromatic rings. The molecule has 0 aliphatic rings. The first-order chi connectivity index (χ1) is 4.95. The van der Waals surface area contributed by atoms with Crippen molar-refractivity contribution in [1.82, 2.24) is 5.32 Å². The van der Waals surface area contributed by atoms with Gasteiger partial charge in [-0.1, -0.05) is 36.4 Å². The summed E-state index contributed by atoms with van der Waals surface area (Å²) in [6.45, 7) is 3.80. The van der Waals surface area contributed by atoms with Gasteiger partial charge >= 0.3 is 6.03 Å². The van der Waals surface area contributed by atoms with E-state index in [4.69, 9.17) is 5.73 Å². The van der Waals surface area contributed by atoms with Crippen molar-refractivity contribution in [2.75, 3.05) is 0 Å². The Balaban J connectivity index is 3.93. The molecule has 64 valence electrons. The highest BCUT2D eigenvalue weighted by Gasteiger charge is 2.18. The first kappa shape index (κ1) is 10.7. The predicted molar refractivity (Wildman–Crippen MR) is 50.4 cm³/mol. The summed E-state index contributed by atoms with van der Waals surface area (Å²) in [6.07, 6.45) is 0. The number of carbonyl (C=O) groups is 2. The molecule has 0 aliphatic carbocycles. The lowest BCUT2D eigenvalue weighted by molar-refractivity contribution is -0.119. The summed E-state index contributed by atoms with van der Waals surface area (Å²) in [7, 11) is 0. The molecule has 0 heterocycles. The van der Waals surface area contributed by atoms with Crippen LogP contribution in [0.5, 0.6) is 0 Å². The largest absolute Gasteiger partial charge is 0.351 e. The van der Waals surface area contributed by atoms with Gasteiger partial charge in [0.25, 0.3) is 0 Å². The van der Waals surface area contributed by atoms with Crippen molar-refractivity contribution in [2.45, 2.75) is 17.8 Å². The molecule has 0 aromatic carbocycles. The Kier molecular flexibility index (Phi) is 4.39. The van der Waals surface area contributed by atoms with Crippen LogP contribution in [-0.4, -0.2) is 15.9 Å². The van der Waals surface area contributed by atoms with Crippen molar-refractivity contribution in [3.8, 4) is 0 Å². The standard InChI is InChI=1S/C6H11IN2O2/c1-3(2)4(7)5(10)9-6(8)11/h3-4H,1-2H3,(H3,8,9,10,11). The molecule has 0 bridgehead atoms. The van der Waals surface area contributed by atoms with Gasteiger partial charge in [0.05, 0.1) is 3.92 Å². The molecule has 0 aromatic heterocycles. The van der Waals surface area contributed by atoms with Crippen molar-refractivity contribution < 1.29 is 9.59 Å². The van der Waals surface area contributed by atoms with Gasteiger partial charge in [0.1, 0.15) is 0 Å². The van der Waals surface area contributed by atoms with Crippen molar-refractivity contribution in [3.05, 3.63) is 0 Å². The third-order valence-electron chi connectivity index (χ3n) is 1.08. The molecule has 0 saturated heterocycles. The normalized spacial score (nSPS) is 12.7. The number of halogens is 1. The van der Waals surface area contributed by atoms with Crippen LogP contribution in [-0.2, 0) is 4.79 Å². The summed E-state index contributed by atoms with van der Waals surface area (Å²) in [6, 6.07) is -0.794. The summed E-state index contributed by atoms with van der Waals surface area (Å²) >= 11 is 1.97. The minimum absolute atomic E-state index is 0.204. The highest BCUT2D eigenvalue weighted by molar-refractivity contribution is 14.1. The summed E-state index contributed by atoms with van der Waals surface area (Å²) in [5.41, 5.74) is 4.76. The SMILES string of the molecule is CC(C)C(I)C(=O)NC(N)=O. The zero-order valence-corrected chi connectivity index (χ0v) is 8.58. The van der Waals surface area contributed by atoms with Gasteiger partial charge in [-0.3, -0.25) is 10.1 Å². The molecule has 0 spiro atoms. The van der Waals surface area contributed by atoms with Gasteiger partial charge in [-0.15, -0.1) is 0 Å². The molecule has 0 radical (unpaired) electrons. The molecule has 0 saturated carbocycles. The lowest BCUT2D eigenvalue weighted by atomic mass is 10.1. The lowest BCUT2D eigenvalue weighted by Crippen LogP contribution is -2.41. The molecule has 3 N–H and O–H groups in total. The number of primary amides is 1. The minimum Gasteiger partial charge on any atom is -0.351 e. The van der Waals surface area contributed by atoms with Gasteiger partial charge in [-0.2, -0.15) is 0 Å². The summed E-state index contributed by atoms with van der Waals surface area (Å²) < 4.78 is -0.208. The third-order valence-corrected chi connectivity index (χ3v) is 3.09. The summed E-state index contributed by atoms with van der Waals surface area (Å²) in [5.74, 6) is -0.122. The van der Waals surface area contributed by atoms with Crippen molar-refractivity contribution in [3.63, 3.8) is 0 Å². The number of rotatable bonds is 2. The van der Waals surface area contributed by atoms with Crippen LogP contribution in [0.3, 0.4) is 0 Å². The van der Waals surface area contributed by atoms with Crippen molar-refractivity contribution >= 4 is 34.5 Å². The van der Waals surface area contributed by atoms with Crippen LogP contribution in [0.4, 0.5) is 4.79 Å². The highest BCUT2D eigenvalue weighted by Crippen LogP contribution is 2.11. The van der Waals surface area contributed by atoms with Crippen LogP contribution in [0.15, 0.2) is 0 Å². The topological polar surface area (TPSA) is 72.2 Å². The fourth-order valence-electron chi connectivity index (χ4n) is 0.493. The van der Waals surface area contributed by atoms with E-state index in [0.717, 1.165) is 0 Å². The second-order valence-corrected chi connectivity index (χ2v) is 3.84. The Morgan fingerprint density at radius 1 is 1.45 bits per heavy atom. The van der Waals surface area contributed by atoms with E-state index in [0.29, 0.717) is 0 Å². The Bertz CT molecular complexity index is 170. The molecule has 0 rings (SSSR count). The molecule has 1 unspecified atom stereocenters. The van der Waals surface area contributed by atoms with Crippen molar-refractivity contribution in [1.29, 1.82) is 0 Å². The summed E-state index contributed by atoms with van der Waals surface area (Å²) in [4.78, 5) is 21.2. The average Bonchev–Trinajstić information content (AvgIpc) is 1.84. The zero-order chi connectivity index (χ0) is 9.02. The number of nitrogens with one attached hydrogen (secondary N) is 1. The minimum atomic E-state index is -0.794. The maximum atomic E-state index is 11.0. The van der Waals surface area contributed by atoms with Crippen LogP contribution in [0.2, 0.25) is 0 Å². The Hall–Kier alpha value is -0.330. The molecular formula is C6H11IN2O2. The van der Waals surface area contributed by atoms with Crippen LogP contribution in [0.1, 0.15) is 13.8 Å². The zero-order valence-electron chi connectivity index (χ0n) is 6.43. The molecule has 1 atom stereocenters. The highest BCUT2D eigenvalue weighted by atomic mass is 127. The molecule has 0 fully saturated rings. The second kappa shape index (κ2) is 4.53. The smallest absolute Gasteiger partial charge is 0.318 e. The van der Waals surface area contributed by atoms with E-state index in [1.165, 1.54) is 0 Å². The van der Waals surface area contributed by atoms with E-state index in [1.54, 1.807) is 0 Å². The van der Waals surface area contributed by atoms with E-state index in [-0.39, 0.29) is 15.7 Å². The number of alkyl halides is 1. The van der Waals surface area contributed by atoms with E-state index in [2.05, 4.69) is 0 Å². The Labute approximate surface area is 79.0 Å². The average molecular weight is 270 g/mol. The van der Waals surface area contributed by atoms with Gasteiger partial charge in [0, 0.05) is 0 Å². The number of urea groups is 1. The van der Waals surface area contributed by atoms with Gasteiger partial charge in [-0.05, 0) is 5.92 Å². The van der Waals surface area contributed by atoms with E-state index in [1.807, 2.05) is 41.8 Å². The van der Waals surface area contributed by atoms with Gasteiger partial charge < -0.3 is 5.73 Å². The number of carbonyl (C=O) groups excluding carboxylic acids is 2. The van der Waals surface area contributed by atoms with Crippen LogP contribution in [0, 0.1) is 5.92 Å². The quantitative estimate of drug-likeness (QED) is 0.571. The van der Waals surface area contributed by atoms with Gasteiger partial charge in [0.15, 0.2) is 0 Å². The van der Waals surface area contributed by atoms with Crippen LogP contribution in [0.25, 0.3) is 0 Å². The maximum Gasteiger partial charge on any atom is 0.318 e. The van der Waals surface area contributed by atoms with Crippen molar-refractivity contribution in [2.24, 2.45) is 11.7 Å². The fourth-order valence-corrected chi connectivity index (χ4v) is 0.649. The Morgan fingerprint density at radius 2 is 1.91 bits per heavy atom. The van der Waals surface area contributed by atoms with E-state index >= 15 is 0 Å². The first-order valence-electron chi connectivity index (χ1n) is 3.19. The van der Waals surface area contributed by atoms with Crippen LogP contribution < -0.4 is 11.1 Å². The predicted octanol–water partition coefficient (Wildman–Crippen LogP) is 0.641. The van der Waals surface area contributed by atoms with Gasteiger partial charge in [-0.25, -0.2) is 4.79 Å². The van der Waals surface area contributed by atoms with E-state index in [9.17, 15) is 9.59 Å². The fraction of sp³-hybridized carbons (Fsp3) is 0.667. The Morgan fingerprint density at radius 3 is 2.18 bits per heavy atom. The molecule has 5 heteroatoms. The lowest BCUT2D eigenvalue weighted by Gasteiger charge is -2.11. The molecule has 4 nitrogen and oxygen atoms in total. The maximum absolute atomic E-state index is 11.0. The molecule has 3 amide bonds. The first-order valence-corrected chi connectivity index (χ1v) is 4.44. The number of amides is 3. The third kappa shape index (κ3) is 4.18. The number of imide groups is 1. The molecular weight excluding hydrogens is 259 g/mol. The molecule has 11 heavy (non-hydrogen) atoms. The summed E-state index contributed by atoms with van der Waals surface area (Å²) in [5, 5.41) is 2.02. The number of hydrogen-bond donors (Lipinski definition) is 2. The van der Waals surface area contributed by atoms with Gasteiger partial charge in [0.2, 0.25) is 5.91 Å². The number of nitrogens with two attached hydrogens (primary N) is 1. The monoisotopic (exact) mass is 270 g/mol. The van der Waals surface area contributed by atoms with E-state index < -0.39 is 6.03 Å². The van der Waals surface area contributed by atoms with Crippen LogP contribution >= 0.6 is 22.6 Å².